The van der Waals surface area contributed by atoms with E-state index in [1.165, 1.54) is 7.11 Å². The minimum Gasteiger partial charge on any atom is -0.496 e. The van der Waals surface area contributed by atoms with E-state index >= 15 is 0 Å². The van der Waals surface area contributed by atoms with E-state index < -0.39 is 5.97 Å². The number of benzene rings is 2. The predicted molar refractivity (Wildman–Crippen MR) is 85.2 cm³/mol. The summed E-state index contributed by atoms with van der Waals surface area (Å²) >= 11 is 0. The Morgan fingerprint density at radius 2 is 1.86 bits per heavy atom. The summed E-state index contributed by atoms with van der Waals surface area (Å²) in [6, 6.07) is 14.4. The number of methoxy groups -OCH3 is 1. The lowest BCUT2D eigenvalue weighted by Gasteiger charge is -2.11. The van der Waals surface area contributed by atoms with Crippen molar-refractivity contribution in [2.45, 2.75) is 6.42 Å². The summed E-state index contributed by atoms with van der Waals surface area (Å²) in [6.07, 6.45) is 2.20. The Kier molecular flexibility index (Phi) is 5.33. The molecule has 0 aliphatic carbocycles. The molecule has 4 nitrogen and oxygen atoms in total. The molecule has 0 fully saturated rings. The highest BCUT2D eigenvalue weighted by molar-refractivity contribution is 5.90. The Morgan fingerprint density at radius 1 is 1.14 bits per heavy atom. The van der Waals surface area contributed by atoms with E-state index in [0.717, 1.165) is 11.1 Å². The topological polar surface area (TPSA) is 66.8 Å². The predicted octanol–water partition coefficient (Wildman–Crippen LogP) is 3.01. The van der Waals surface area contributed by atoms with Crippen molar-refractivity contribution in [1.82, 2.24) is 0 Å². The first kappa shape index (κ1) is 15.8. The summed E-state index contributed by atoms with van der Waals surface area (Å²) in [6.45, 7) is -0.110. The smallest absolute Gasteiger partial charge is 0.336 e. The van der Waals surface area contributed by atoms with Gasteiger partial charge in [0.2, 0.25) is 0 Å². The second kappa shape index (κ2) is 7.43. The largest absolute Gasteiger partial charge is 0.496 e. The van der Waals surface area contributed by atoms with Gasteiger partial charge >= 0.3 is 5.97 Å². The zero-order chi connectivity index (χ0) is 15.9. The van der Waals surface area contributed by atoms with Gasteiger partial charge in [-0.05, 0) is 29.7 Å². The normalized spacial score (nSPS) is 11.3. The Labute approximate surface area is 129 Å². The van der Waals surface area contributed by atoms with Crippen molar-refractivity contribution in [2.24, 2.45) is 0 Å². The maximum absolute atomic E-state index is 11.3. The molecule has 0 spiro atoms. The molecule has 2 N–H and O–H groups in total. The van der Waals surface area contributed by atoms with Crippen LogP contribution in [0.3, 0.4) is 0 Å². The average molecular weight is 298 g/mol. The number of rotatable bonds is 6. The molecule has 0 amide bonds. The van der Waals surface area contributed by atoms with Crippen molar-refractivity contribution in [2.75, 3.05) is 13.7 Å². The molecule has 22 heavy (non-hydrogen) atoms. The highest BCUT2D eigenvalue weighted by atomic mass is 16.5. The van der Waals surface area contributed by atoms with Crippen molar-refractivity contribution < 1.29 is 19.7 Å². The molecule has 0 heterocycles. The van der Waals surface area contributed by atoms with Gasteiger partial charge in [0.25, 0.3) is 0 Å². The fraction of sp³-hybridized carbons (Fsp3) is 0.167. The van der Waals surface area contributed by atoms with Gasteiger partial charge in [-0.15, -0.1) is 0 Å². The third kappa shape index (κ3) is 3.54. The maximum Gasteiger partial charge on any atom is 0.336 e. The van der Waals surface area contributed by atoms with E-state index in [1.54, 1.807) is 18.2 Å². The van der Waals surface area contributed by atoms with Crippen LogP contribution in [0.15, 0.2) is 54.6 Å². The van der Waals surface area contributed by atoms with Crippen LogP contribution in [0, 0.1) is 0 Å². The molecule has 114 valence electrons. The number of aromatic carboxylic acids is 1. The number of hydrogen-bond acceptors (Lipinski definition) is 3. The van der Waals surface area contributed by atoms with E-state index in [4.69, 9.17) is 4.74 Å². The Bertz CT molecular complexity index is 675. The molecule has 2 rings (SSSR count). The van der Waals surface area contributed by atoms with E-state index in [1.807, 2.05) is 36.4 Å². The van der Waals surface area contributed by atoms with Crippen LogP contribution in [0.1, 0.15) is 21.5 Å². The molecule has 0 bridgehead atoms. The number of carboxylic acid groups (broad SMARTS) is 1. The SMILES string of the molecule is COc1cccc(C(=O)O)c1CC=C(CO)c1ccccc1. The van der Waals surface area contributed by atoms with Gasteiger partial charge in [0, 0.05) is 5.56 Å². The first-order chi connectivity index (χ1) is 10.7. The standard InChI is InChI=1S/C18H18O4/c1-22-17-9-5-8-16(18(20)21)15(17)11-10-14(12-19)13-6-3-2-4-7-13/h2-10,19H,11-12H2,1H3,(H,20,21). The zero-order valence-electron chi connectivity index (χ0n) is 12.3. The maximum atomic E-state index is 11.3. The van der Waals surface area contributed by atoms with E-state index in [0.29, 0.717) is 17.7 Å². The molecule has 2 aromatic carbocycles. The van der Waals surface area contributed by atoms with Crippen molar-refractivity contribution in [3.05, 3.63) is 71.3 Å². The van der Waals surface area contributed by atoms with Crippen molar-refractivity contribution in [3.63, 3.8) is 0 Å². The third-order valence-corrected chi connectivity index (χ3v) is 3.45. The second-order valence-electron chi connectivity index (χ2n) is 4.75. The van der Waals surface area contributed by atoms with Gasteiger partial charge in [-0.1, -0.05) is 42.5 Å². The van der Waals surface area contributed by atoms with Gasteiger partial charge in [0.1, 0.15) is 5.75 Å². The van der Waals surface area contributed by atoms with Crippen LogP contribution in [0.25, 0.3) is 5.57 Å². The van der Waals surface area contributed by atoms with Crippen LogP contribution >= 0.6 is 0 Å². The molecular formula is C18H18O4. The summed E-state index contributed by atoms with van der Waals surface area (Å²) in [5, 5.41) is 18.8. The van der Waals surface area contributed by atoms with Crippen LogP contribution in [0.4, 0.5) is 0 Å². The fourth-order valence-electron chi connectivity index (χ4n) is 2.32. The molecule has 0 radical (unpaired) electrons. The number of carbonyl (C=O) groups is 1. The van der Waals surface area contributed by atoms with Gasteiger partial charge in [-0.25, -0.2) is 4.79 Å². The summed E-state index contributed by atoms with van der Waals surface area (Å²) in [5.74, 6) is -0.464. The first-order valence-corrected chi connectivity index (χ1v) is 6.92. The molecule has 0 saturated carbocycles. The van der Waals surface area contributed by atoms with Crippen molar-refractivity contribution in [1.29, 1.82) is 0 Å². The van der Waals surface area contributed by atoms with E-state index in [-0.39, 0.29) is 12.2 Å². The number of ether oxygens (including phenoxy) is 1. The summed E-state index contributed by atoms with van der Waals surface area (Å²) in [7, 11) is 1.51. The molecular weight excluding hydrogens is 280 g/mol. The minimum atomic E-state index is -0.993. The number of allylic oxidation sites excluding steroid dienone is 1. The Balaban J connectivity index is 2.37. The van der Waals surface area contributed by atoms with Crippen LogP contribution in [0.2, 0.25) is 0 Å². The molecule has 0 aromatic heterocycles. The van der Waals surface area contributed by atoms with E-state index in [2.05, 4.69) is 0 Å². The Hall–Kier alpha value is -2.59. The van der Waals surface area contributed by atoms with Gasteiger partial charge in [-0.3, -0.25) is 0 Å². The lowest BCUT2D eigenvalue weighted by atomic mass is 9.99. The molecule has 0 saturated heterocycles. The number of hydrogen-bond donors (Lipinski definition) is 2. The highest BCUT2D eigenvalue weighted by Crippen LogP contribution is 2.25. The Morgan fingerprint density at radius 3 is 2.45 bits per heavy atom. The first-order valence-electron chi connectivity index (χ1n) is 6.92. The highest BCUT2D eigenvalue weighted by Gasteiger charge is 2.14. The molecule has 0 aliphatic heterocycles. The van der Waals surface area contributed by atoms with Crippen LogP contribution < -0.4 is 4.74 Å². The number of aliphatic hydroxyl groups is 1. The van der Waals surface area contributed by atoms with Crippen LogP contribution in [0.5, 0.6) is 5.75 Å². The second-order valence-corrected chi connectivity index (χ2v) is 4.75. The molecule has 4 heteroatoms. The lowest BCUT2D eigenvalue weighted by Crippen LogP contribution is -2.04. The summed E-state index contributed by atoms with van der Waals surface area (Å²) in [5.41, 5.74) is 2.47. The molecule has 2 aromatic rings. The molecule has 0 unspecified atom stereocenters. The molecule has 0 aliphatic rings. The van der Waals surface area contributed by atoms with E-state index in [9.17, 15) is 15.0 Å². The quantitative estimate of drug-likeness (QED) is 0.860. The zero-order valence-corrected chi connectivity index (χ0v) is 12.3. The number of aliphatic hydroxyl groups excluding tert-OH is 1. The molecule has 0 atom stereocenters. The van der Waals surface area contributed by atoms with Crippen LogP contribution in [-0.4, -0.2) is 29.9 Å². The van der Waals surface area contributed by atoms with Gasteiger partial charge in [0.05, 0.1) is 19.3 Å². The number of carboxylic acids is 1. The third-order valence-electron chi connectivity index (χ3n) is 3.45. The minimum absolute atomic E-state index is 0.110. The van der Waals surface area contributed by atoms with Crippen molar-refractivity contribution >= 4 is 11.5 Å². The average Bonchev–Trinajstić information content (AvgIpc) is 2.56. The van der Waals surface area contributed by atoms with Gasteiger partial charge in [-0.2, -0.15) is 0 Å². The van der Waals surface area contributed by atoms with Crippen molar-refractivity contribution in [3.8, 4) is 5.75 Å². The van der Waals surface area contributed by atoms with Gasteiger partial charge < -0.3 is 14.9 Å². The fourth-order valence-corrected chi connectivity index (χ4v) is 2.32. The lowest BCUT2D eigenvalue weighted by molar-refractivity contribution is 0.0695. The monoisotopic (exact) mass is 298 g/mol. The van der Waals surface area contributed by atoms with Crippen LogP contribution in [-0.2, 0) is 6.42 Å². The summed E-state index contributed by atoms with van der Waals surface area (Å²) in [4.78, 5) is 11.3. The summed E-state index contributed by atoms with van der Waals surface area (Å²) < 4.78 is 5.25. The van der Waals surface area contributed by atoms with Gasteiger partial charge in [0.15, 0.2) is 0 Å².